The monoisotopic (exact) mass is 438 g/mol. The van der Waals surface area contributed by atoms with Crippen LogP contribution in [0.25, 0.3) is 0 Å². The molecule has 0 heterocycles. The summed E-state index contributed by atoms with van der Waals surface area (Å²) < 4.78 is 93.2. The van der Waals surface area contributed by atoms with E-state index >= 15 is 0 Å². The Morgan fingerprint density at radius 3 is 2.24 bits per heavy atom. The normalized spacial score (nSPS) is 13.2. The summed E-state index contributed by atoms with van der Waals surface area (Å²) in [7, 11) is -4.41. The molecule has 1 amide bonds. The number of nitrogens with one attached hydrogen (secondary N) is 2. The first-order valence-electron chi connectivity index (χ1n) is 7.94. The van der Waals surface area contributed by atoms with Crippen LogP contribution in [0.4, 0.5) is 27.6 Å². The van der Waals surface area contributed by atoms with Crippen molar-refractivity contribution < 1.29 is 39.9 Å². The maximum absolute atomic E-state index is 12.8. The SMILES string of the molecule is CC(NS(=O)(=O)c1cccc(C(F)(F)F)c1)C(=O)Nc1ccc(OC(F)F)cc1. The second-order valence-electron chi connectivity index (χ2n) is 5.76. The molecule has 0 aliphatic carbocycles. The summed E-state index contributed by atoms with van der Waals surface area (Å²) in [6.45, 7) is -1.82. The first kappa shape index (κ1) is 22.6. The molecule has 0 bridgehead atoms. The number of hydrogen-bond donors (Lipinski definition) is 2. The zero-order valence-electron chi connectivity index (χ0n) is 14.7. The quantitative estimate of drug-likeness (QED) is 0.647. The van der Waals surface area contributed by atoms with Crippen LogP contribution in [0, 0.1) is 0 Å². The molecule has 0 fully saturated rings. The fourth-order valence-corrected chi connectivity index (χ4v) is 3.41. The summed E-state index contributed by atoms with van der Waals surface area (Å²) in [6, 6.07) is 6.57. The Bertz CT molecular complexity index is 963. The van der Waals surface area contributed by atoms with Gasteiger partial charge in [-0.25, -0.2) is 8.42 Å². The smallest absolute Gasteiger partial charge is 0.416 e. The number of carbonyl (C=O) groups excluding carboxylic acids is 1. The van der Waals surface area contributed by atoms with Gasteiger partial charge in [-0.1, -0.05) is 6.07 Å². The van der Waals surface area contributed by atoms with Gasteiger partial charge in [-0.05, 0) is 49.4 Å². The van der Waals surface area contributed by atoms with E-state index in [-0.39, 0.29) is 11.4 Å². The molecule has 29 heavy (non-hydrogen) atoms. The molecule has 12 heteroatoms. The van der Waals surface area contributed by atoms with Crippen molar-refractivity contribution in [2.45, 2.75) is 30.6 Å². The van der Waals surface area contributed by atoms with Crippen LogP contribution in [0.2, 0.25) is 0 Å². The van der Waals surface area contributed by atoms with E-state index in [0.29, 0.717) is 6.07 Å². The summed E-state index contributed by atoms with van der Waals surface area (Å²) in [5, 5.41) is 2.34. The molecule has 6 nitrogen and oxygen atoms in total. The van der Waals surface area contributed by atoms with Crippen molar-refractivity contribution in [3.8, 4) is 5.75 Å². The lowest BCUT2D eigenvalue weighted by molar-refractivity contribution is -0.137. The molecule has 158 valence electrons. The molecule has 0 spiro atoms. The molecule has 0 saturated carbocycles. The Labute approximate surface area is 162 Å². The Morgan fingerprint density at radius 1 is 1.07 bits per heavy atom. The van der Waals surface area contributed by atoms with E-state index in [1.54, 1.807) is 0 Å². The van der Waals surface area contributed by atoms with Crippen molar-refractivity contribution in [2.75, 3.05) is 5.32 Å². The number of amides is 1. The van der Waals surface area contributed by atoms with Gasteiger partial charge in [-0.3, -0.25) is 4.79 Å². The summed E-state index contributed by atoms with van der Waals surface area (Å²) in [6.07, 6.45) is -4.73. The van der Waals surface area contributed by atoms with E-state index in [1.807, 2.05) is 4.72 Å². The molecule has 1 atom stereocenters. The third kappa shape index (κ3) is 6.39. The van der Waals surface area contributed by atoms with Crippen LogP contribution >= 0.6 is 0 Å². The molecule has 0 aliphatic rings. The minimum atomic E-state index is -4.73. The van der Waals surface area contributed by atoms with Gasteiger partial charge in [0.25, 0.3) is 0 Å². The molecule has 0 saturated heterocycles. The maximum atomic E-state index is 12.8. The van der Waals surface area contributed by atoms with Gasteiger partial charge >= 0.3 is 12.8 Å². The number of halogens is 5. The van der Waals surface area contributed by atoms with Gasteiger partial charge < -0.3 is 10.1 Å². The molecule has 2 N–H and O–H groups in total. The highest BCUT2D eigenvalue weighted by atomic mass is 32.2. The first-order valence-corrected chi connectivity index (χ1v) is 9.42. The number of carbonyl (C=O) groups is 1. The summed E-state index contributed by atoms with van der Waals surface area (Å²) in [5.41, 5.74) is -0.981. The van der Waals surface area contributed by atoms with Crippen LogP contribution in [0.15, 0.2) is 53.4 Å². The molecule has 1 unspecified atom stereocenters. The Kier molecular flexibility index (Phi) is 6.80. The predicted octanol–water partition coefficient (Wildman–Crippen LogP) is 3.61. The maximum Gasteiger partial charge on any atom is 0.416 e. The summed E-state index contributed by atoms with van der Waals surface area (Å²) in [4.78, 5) is 11.5. The lowest BCUT2D eigenvalue weighted by Crippen LogP contribution is -2.41. The fraction of sp³-hybridized carbons (Fsp3) is 0.235. The lowest BCUT2D eigenvalue weighted by Gasteiger charge is -2.15. The van der Waals surface area contributed by atoms with Gasteiger partial charge in [0, 0.05) is 5.69 Å². The largest absolute Gasteiger partial charge is 0.435 e. The van der Waals surface area contributed by atoms with Crippen molar-refractivity contribution in [3.63, 3.8) is 0 Å². The highest BCUT2D eigenvalue weighted by Crippen LogP contribution is 2.30. The van der Waals surface area contributed by atoms with E-state index in [0.717, 1.165) is 18.2 Å². The van der Waals surface area contributed by atoms with Crippen molar-refractivity contribution in [2.24, 2.45) is 0 Å². The molecular weight excluding hydrogens is 423 g/mol. The number of rotatable bonds is 7. The predicted molar refractivity (Wildman–Crippen MR) is 92.9 cm³/mol. The van der Waals surface area contributed by atoms with Crippen LogP contribution in [0.1, 0.15) is 12.5 Å². The number of sulfonamides is 1. The molecule has 0 radical (unpaired) electrons. The van der Waals surface area contributed by atoms with Gasteiger partial charge in [0.2, 0.25) is 15.9 Å². The highest BCUT2D eigenvalue weighted by Gasteiger charge is 2.32. The molecule has 0 aromatic heterocycles. The topological polar surface area (TPSA) is 84.5 Å². The second-order valence-corrected chi connectivity index (χ2v) is 7.47. The zero-order chi connectivity index (χ0) is 21.8. The summed E-state index contributed by atoms with van der Waals surface area (Å²) >= 11 is 0. The van der Waals surface area contributed by atoms with Gasteiger partial charge in [0.05, 0.1) is 16.5 Å². The van der Waals surface area contributed by atoms with Crippen molar-refractivity contribution >= 4 is 21.6 Å². The average Bonchev–Trinajstić information content (AvgIpc) is 2.62. The molecular formula is C17H15F5N2O4S. The van der Waals surface area contributed by atoms with E-state index < -0.39 is 45.2 Å². The van der Waals surface area contributed by atoms with E-state index in [1.165, 1.54) is 31.2 Å². The van der Waals surface area contributed by atoms with Crippen LogP contribution in [-0.2, 0) is 21.0 Å². The number of ether oxygens (including phenoxy) is 1. The first-order chi connectivity index (χ1) is 13.4. The van der Waals surface area contributed by atoms with E-state index in [4.69, 9.17) is 0 Å². The third-order valence-electron chi connectivity index (χ3n) is 3.54. The number of alkyl halides is 5. The van der Waals surface area contributed by atoms with Gasteiger partial charge in [-0.2, -0.15) is 26.7 Å². The van der Waals surface area contributed by atoms with Crippen molar-refractivity contribution in [3.05, 3.63) is 54.1 Å². The standard InChI is InChI=1S/C17H15F5N2O4S/c1-10(15(25)23-12-5-7-13(8-6-12)28-16(18)19)24-29(26,27)14-4-2-3-11(9-14)17(20,21)22/h2-10,16,24H,1H3,(H,23,25). The molecule has 0 aliphatic heterocycles. The Hall–Kier alpha value is -2.73. The minimum absolute atomic E-state index is 0.142. The highest BCUT2D eigenvalue weighted by molar-refractivity contribution is 7.89. The third-order valence-corrected chi connectivity index (χ3v) is 5.08. The Balaban J connectivity index is 2.06. The van der Waals surface area contributed by atoms with Gasteiger partial charge in [0.1, 0.15) is 5.75 Å². The fourth-order valence-electron chi connectivity index (χ4n) is 2.16. The Morgan fingerprint density at radius 2 is 1.69 bits per heavy atom. The van der Waals surface area contributed by atoms with Crippen LogP contribution in [0.3, 0.4) is 0 Å². The molecule has 2 rings (SSSR count). The van der Waals surface area contributed by atoms with E-state index in [9.17, 15) is 35.2 Å². The van der Waals surface area contributed by atoms with Crippen LogP contribution in [-0.4, -0.2) is 27.0 Å². The van der Waals surface area contributed by atoms with Crippen molar-refractivity contribution in [1.29, 1.82) is 0 Å². The van der Waals surface area contributed by atoms with Gasteiger partial charge in [0.15, 0.2) is 0 Å². The lowest BCUT2D eigenvalue weighted by atomic mass is 10.2. The minimum Gasteiger partial charge on any atom is -0.435 e. The van der Waals surface area contributed by atoms with E-state index in [2.05, 4.69) is 10.1 Å². The van der Waals surface area contributed by atoms with Crippen LogP contribution < -0.4 is 14.8 Å². The number of anilines is 1. The average molecular weight is 438 g/mol. The van der Waals surface area contributed by atoms with Gasteiger partial charge in [-0.15, -0.1) is 0 Å². The summed E-state index contributed by atoms with van der Waals surface area (Å²) in [5.74, 6) is -0.959. The number of hydrogen-bond acceptors (Lipinski definition) is 4. The molecule has 2 aromatic carbocycles. The molecule has 2 aromatic rings. The second kappa shape index (κ2) is 8.74. The zero-order valence-corrected chi connectivity index (χ0v) is 15.5. The van der Waals surface area contributed by atoms with Crippen molar-refractivity contribution in [1.82, 2.24) is 4.72 Å². The van der Waals surface area contributed by atoms with Crippen LogP contribution in [0.5, 0.6) is 5.75 Å². The number of benzene rings is 2.